The SMILES string of the molecule is COCCCC(N)C(=O)NC(C)(C(=O)O)c1ccccc1. The van der Waals surface area contributed by atoms with Gasteiger partial charge in [0, 0.05) is 13.7 Å². The molecule has 0 spiro atoms. The lowest BCUT2D eigenvalue weighted by molar-refractivity contribution is -0.147. The van der Waals surface area contributed by atoms with E-state index in [9.17, 15) is 14.7 Å². The number of carboxylic acid groups (broad SMARTS) is 1. The molecule has 1 aromatic rings. The van der Waals surface area contributed by atoms with Gasteiger partial charge < -0.3 is 20.9 Å². The molecule has 0 saturated heterocycles. The number of hydrogen-bond donors (Lipinski definition) is 3. The molecule has 6 heteroatoms. The van der Waals surface area contributed by atoms with Crippen LogP contribution in [0.5, 0.6) is 0 Å². The lowest BCUT2D eigenvalue weighted by Gasteiger charge is -2.28. The number of amides is 1. The summed E-state index contributed by atoms with van der Waals surface area (Å²) in [4.78, 5) is 23.7. The fraction of sp³-hybridized carbons (Fsp3) is 0.467. The number of benzene rings is 1. The first-order valence-corrected chi connectivity index (χ1v) is 6.77. The van der Waals surface area contributed by atoms with Crippen molar-refractivity contribution in [3.63, 3.8) is 0 Å². The fourth-order valence-electron chi connectivity index (χ4n) is 1.94. The van der Waals surface area contributed by atoms with Gasteiger partial charge in [-0.15, -0.1) is 0 Å². The van der Waals surface area contributed by atoms with E-state index < -0.39 is 23.5 Å². The Labute approximate surface area is 124 Å². The number of ether oxygens (including phenoxy) is 1. The standard InChI is InChI=1S/C15H22N2O4/c1-15(14(19)20,11-7-4-3-5-8-11)17-13(18)12(16)9-6-10-21-2/h3-5,7-8,12H,6,9-10,16H2,1-2H3,(H,17,18)(H,19,20). The smallest absolute Gasteiger partial charge is 0.333 e. The normalized spacial score (nSPS) is 15.0. The van der Waals surface area contributed by atoms with E-state index in [0.717, 1.165) is 0 Å². The number of methoxy groups -OCH3 is 1. The molecule has 0 heterocycles. The number of aliphatic carboxylic acids is 1. The van der Waals surface area contributed by atoms with Gasteiger partial charge in [0.25, 0.3) is 0 Å². The van der Waals surface area contributed by atoms with Gasteiger partial charge in [-0.05, 0) is 25.3 Å². The van der Waals surface area contributed by atoms with Crippen molar-refractivity contribution in [2.24, 2.45) is 5.73 Å². The van der Waals surface area contributed by atoms with Crippen molar-refractivity contribution in [2.75, 3.05) is 13.7 Å². The first-order valence-electron chi connectivity index (χ1n) is 6.77. The van der Waals surface area contributed by atoms with Crippen LogP contribution in [0.3, 0.4) is 0 Å². The molecule has 21 heavy (non-hydrogen) atoms. The number of carbonyl (C=O) groups excluding carboxylic acids is 1. The van der Waals surface area contributed by atoms with Crippen LogP contribution in [0.1, 0.15) is 25.3 Å². The number of rotatable bonds is 8. The lowest BCUT2D eigenvalue weighted by atomic mass is 9.91. The molecule has 2 unspecified atom stereocenters. The fourth-order valence-corrected chi connectivity index (χ4v) is 1.94. The predicted molar refractivity (Wildman–Crippen MR) is 78.7 cm³/mol. The van der Waals surface area contributed by atoms with Gasteiger partial charge in [0.15, 0.2) is 5.54 Å². The maximum Gasteiger partial charge on any atom is 0.333 e. The van der Waals surface area contributed by atoms with E-state index >= 15 is 0 Å². The van der Waals surface area contributed by atoms with Crippen molar-refractivity contribution < 1.29 is 19.4 Å². The Morgan fingerprint density at radius 2 is 2.00 bits per heavy atom. The minimum Gasteiger partial charge on any atom is -0.479 e. The Balaban J connectivity index is 2.79. The van der Waals surface area contributed by atoms with Crippen LogP contribution in [0.25, 0.3) is 0 Å². The van der Waals surface area contributed by atoms with Crippen LogP contribution in [0, 0.1) is 0 Å². The molecule has 0 saturated carbocycles. The summed E-state index contributed by atoms with van der Waals surface area (Å²) in [6, 6.07) is 7.78. The van der Waals surface area contributed by atoms with Crippen molar-refractivity contribution in [3.05, 3.63) is 35.9 Å². The van der Waals surface area contributed by atoms with E-state index in [4.69, 9.17) is 10.5 Å². The van der Waals surface area contributed by atoms with E-state index in [2.05, 4.69) is 5.32 Å². The highest BCUT2D eigenvalue weighted by Gasteiger charge is 2.37. The third-order valence-electron chi connectivity index (χ3n) is 3.35. The van der Waals surface area contributed by atoms with Crippen LogP contribution in [-0.4, -0.2) is 36.7 Å². The van der Waals surface area contributed by atoms with Gasteiger partial charge in [-0.1, -0.05) is 30.3 Å². The molecule has 0 aliphatic carbocycles. The summed E-state index contributed by atoms with van der Waals surface area (Å²) < 4.78 is 4.90. The summed E-state index contributed by atoms with van der Waals surface area (Å²) in [5, 5.41) is 12.0. The van der Waals surface area contributed by atoms with Crippen LogP contribution in [0.4, 0.5) is 0 Å². The van der Waals surface area contributed by atoms with Crippen LogP contribution >= 0.6 is 0 Å². The summed E-state index contributed by atoms with van der Waals surface area (Å²) in [5.74, 6) is -1.62. The van der Waals surface area contributed by atoms with Crippen molar-refractivity contribution in [1.82, 2.24) is 5.32 Å². The number of nitrogens with two attached hydrogens (primary N) is 1. The van der Waals surface area contributed by atoms with Crippen LogP contribution in [0.2, 0.25) is 0 Å². The summed E-state index contributed by atoms with van der Waals surface area (Å²) in [6.45, 7) is 1.96. The van der Waals surface area contributed by atoms with Gasteiger partial charge in [0.05, 0.1) is 6.04 Å². The second-order valence-electron chi connectivity index (χ2n) is 5.03. The molecule has 0 radical (unpaired) electrons. The van der Waals surface area contributed by atoms with Gasteiger partial charge >= 0.3 is 5.97 Å². The molecule has 0 aromatic heterocycles. The van der Waals surface area contributed by atoms with Crippen molar-refractivity contribution >= 4 is 11.9 Å². The molecule has 0 aliphatic heterocycles. The molecule has 1 aromatic carbocycles. The number of hydrogen-bond acceptors (Lipinski definition) is 4. The third-order valence-corrected chi connectivity index (χ3v) is 3.35. The average molecular weight is 294 g/mol. The zero-order chi connectivity index (χ0) is 15.9. The first kappa shape index (κ1) is 17.1. The van der Waals surface area contributed by atoms with Gasteiger partial charge in [0.2, 0.25) is 5.91 Å². The highest BCUT2D eigenvalue weighted by atomic mass is 16.5. The second kappa shape index (κ2) is 7.75. The van der Waals surface area contributed by atoms with E-state index in [-0.39, 0.29) is 0 Å². The van der Waals surface area contributed by atoms with E-state index in [1.54, 1.807) is 37.4 Å². The Bertz CT molecular complexity index is 478. The molecular formula is C15H22N2O4. The van der Waals surface area contributed by atoms with Crippen LogP contribution < -0.4 is 11.1 Å². The molecule has 0 bridgehead atoms. The quantitative estimate of drug-likeness (QED) is 0.617. The largest absolute Gasteiger partial charge is 0.479 e. The molecular weight excluding hydrogens is 272 g/mol. The molecule has 6 nitrogen and oxygen atoms in total. The van der Waals surface area contributed by atoms with Gasteiger partial charge in [0.1, 0.15) is 0 Å². The summed E-state index contributed by atoms with van der Waals surface area (Å²) in [5.41, 5.74) is 4.78. The summed E-state index contributed by atoms with van der Waals surface area (Å²) >= 11 is 0. The lowest BCUT2D eigenvalue weighted by Crippen LogP contribution is -2.54. The molecule has 116 valence electrons. The first-order chi connectivity index (χ1) is 9.91. The molecule has 2 atom stereocenters. The number of carbonyl (C=O) groups is 2. The van der Waals surface area contributed by atoms with E-state index in [1.807, 2.05) is 0 Å². The Hall–Kier alpha value is -1.92. The maximum atomic E-state index is 12.1. The average Bonchev–Trinajstić information content (AvgIpc) is 2.47. The Morgan fingerprint density at radius 3 is 2.52 bits per heavy atom. The minimum absolute atomic E-state index is 0.435. The highest BCUT2D eigenvalue weighted by Crippen LogP contribution is 2.21. The predicted octanol–water partition coefficient (Wildman–Crippen LogP) is 0.857. The molecule has 1 amide bonds. The molecule has 1 rings (SSSR count). The Morgan fingerprint density at radius 1 is 1.38 bits per heavy atom. The number of nitrogens with one attached hydrogen (secondary N) is 1. The third kappa shape index (κ3) is 4.54. The van der Waals surface area contributed by atoms with Crippen molar-refractivity contribution in [1.29, 1.82) is 0 Å². The van der Waals surface area contributed by atoms with Crippen molar-refractivity contribution in [2.45, 2.75) is 31.3 Å². The second-order valence-corrected chi connectivity index (χ2v) is 5.03. The van der Waals surface area contributed by atoms with Gasteiger partial charge in [-0.2, -0.15) is 0 Å². The zero-order valence-electron chi connectivity index (χ0n) is 12.3. The summed E-state index contributed by atoms with van der Waals surface area (Å²) in [6.07, 6.45) is 1.07. The topological polar surface area (TPSA) is 102 Å². The van der Waals surface area contributed by atoms with Crippen LogP contribution in [0.15, 0.2) is 30.3 Å². The highest BCUT2D eigenvalue weighted by molar-refractivity contribution is 5.90. The molecule has 0 fully saturated rings. The van der Waals surface area contributed by atoms with Crippen LogP contribution in [-0.2, 0) is 19.9 Å². The Kier molecular flexibility index (Phi) is 6.33. The zero-order valence-corrected chi connectivity index (χ0v) is 12.3. The van der Waals surface area contributed by atoms with Gasteiger partial charge in [-0.3, -0.25) is 4.79 Å². The monoisotopic (exact) mass is 294 g/mol. The van der Waals surface area contributed by atoms with Crippen molar-refractivity contribution in [3.8, 4) is 0 Å². The number of carboxylic acids is 1. The molecule has 0 aliphatic rings. The van der Waals surface area contributed by atoms with E-state index in [1.165, 1.54) is 6.92 Å². The van der Waals surface area contributed by atoms with E-state index in [0.29, 0.717) is 25.0 Å². The van der Waals surface area contributed by atoms with Gasteiger partial charge in [-0.25, -0.2) is 4.79 Å². The maximum absolute atomic E-state index is 12.1. The summed E-state index contributed by atoms with van der Waals surface area (Å²) in [7, 11) is 1.57. The molecule has 4 N–H and O–H groups in total. The minimum atomic E-state index is -1.50.